The zero-order valence-corrected chi connectivity index (χ0v) is 15.4. The molecule has 3 rings (SSSR count). The van der Waals surface area contributed by atoms with Gasteiger partial charge in [-0.15, -0.1) is 0 Å². The van der Waals surface area contributed by atoms with E-state index in [1.165, 1.54) is 0 Å². The fourth-order valence-electron chi connectivity index (χ4n) is 2.35. The topological polar surface area (TPSA) is 112 Å². The van der Waals surface area contributed by atoms with Gasteiger partial charge < -0.3 is 20.6 Å². The normalized spacial score (nSPS) is 14.1. The standard InChI is InChI=1S/C13H18N6O.C4H8O2/c1-2-15-13(20)10-9-16-19-6-3-11(17-12(10)19)18-7-4-14-5-8-18;1-3(2)4(5)6/h3,6,9,14H,2,4-5,7-8H2,1H3,(H,15,20);3H,1-2H3,(H,5,6). The highest BCUT2D eigenvalue weighted by molar-refractivity contribution is 5.99. The van der Waals surface area contributed by atoms with Gasteiger partial charge >= 0.3 is 5.97 Å². The molecule has 0 aromatic carbocycles. The SMILES string of the molecule is CC(C)C(=O)O.CCNC(=O)c1cnn2ccc(N3CCNCC3)nc12. The van der Waals surface area contributed by atoms with Gasteiger partial charge in [-0.3, -0.25) is 9.59 Å². The van der Waals surface area contributed by atoms with Crippen molar-refractivity contribution in [2.45, 2.75) is 20.8 Å². The van der Waals surface area contributed by atoms with E-state index >= 15 is 0 Å². The molecule has 0 aliphatic carbocycles. The number of carbonyl (C=O) groups excluding carboxylic acids is 1. The molecule has 0 bridgehead atoms. The maximum atomic E-state index is 12.0. The minimum atomic E-state index is -0.741. The number of rotatable bonds is 4. The average molecular weight is 362 g/mol. The minimum absolute atomic E-state index is 0.132. The maximum Gasteiger partial charge on any atom is 0.305 e. The van der Waals surface area contributed by atoms with Gasteiger partial charge in [-0.25, -0.2) is 9.50 Å². The van der Waals surface area contributed by atoms with Gasteiger partial charge in [0.1, 0.15) is 11.4 Å². The largest absolute Gasteiger partial charge is 0.481 e. The van der Waals surface area contributed by atoms with Crippen LogP contribution in [0.25, 0.3) is 5.65 Å². The van der Waals surface area contributed by atoms with Crippen molar-refractivity contribution >= 4 is 23.3 Å². The molecule has 1 aliphatic heterocycles. The van der Waals surface area contributed by atoms with E-state index in [-0.39, 0.29) is 11.8 Å². The summed E-state index contributed by atoms with van der Waals surface area (Å²) in [5.41, 5.74) is 1.12. The quantitative estimate of drug-likeness (QED) is 0.731. The Morgan fingerprint density at radius 1 is 1.35 bits per heavy atom. The second-order valence-corrected chi connectivity index (χ2v) is 6.20. The van der Waals surface area contributed by atoms with Crippen molar-refractivity contribution in [1.29, 1.82) is 0 Å². The molecule has 0 unspecified atom stereocenters. The number of anilines is 1. The average Bonchev–Trinajstić information content (AvgIpc) is 3.06. The van der Waals surface area contributed by atoms with Gasteiger partial charge in [0.2, 0.25) is 0 Å². The Labute approximate surface area is 152 Å². The molecule has 9 nitrogen and oxygen atoms in total. The Morgan fingerprint density at radius 3 is 2.58 bits per heavy atom. The van der Waals surface area contributed by atoms with Crippen LogP contribution in [0.5, 0.6) is 0 Å². The lowest BCUT2D eigenvalue weighted by atomic mass is 10.2. The summed E-state index contributed by atoms with van der Waals surface area (Å²) < 4.78 is 1.64. The third kappa shape index (κ3) is 4.92. The van der Waals surface area contributed by atoms with Crippen molar-refractivity contribution in [2.24, 2.45) is 5.92 Å². The number of carbonyl (C=O) groups is 2. The third-order valence-electron chi connectivity index (χ3n) is 3.87. The van der Waals surface area contributed by atoms with Crippen LogP contribution >= 0.6 is 0 Å². The molecule has 1 amide bonds. The molecule has 9 heteroatoms. The van der Waals surface area contributed by atoms with E-state index in [0.717, 1.165) is 32.0 Å². The van der Waals surface area contributed by atoms with Gasteiger partial charge in [-0.1, -0.05) is 13.8 Å². The zero-order valence-electron chi connectivity index (χ0n) is 15.4. The first-order valence-corrected chi connectivity index (χ1v) is 8.75. The molecular weight excluding hydrogens is 336 g/mol. The highest BCUT2D eigenvalue weighted by Crippen LogP contribution is 2.15. The molecule has 0 atom stereocenters. The van der Waals surface area contributed by atoms with Crippen LogP contribution in [0.1, 0.15) is 31.1 Å². The first kappa shape index (κ1) is 19.6. The lowest BCUT2D eigenvalue weighted by molar-refractivity contribution is -0.140. The van der Waals surface area contributed by atoms with E-state index in [1.807, 2.05) is 19.2 Å². The molecule has 2 aromatic heterocycles. The van der Waals surface area contributed by atoms with E-state index in [0.29, 0.717) is 17.8 Å². The first-order chi connectivity index (χ1) is 12.4. The van der Waals surface area contributed by atoms with Gasteiger partial charge in [-0.05, 0) is 13.0 Å². The van der Waals surface area contributed by atoms with Crippen LogP contribution in [0.2, 0.25) is 0 Å². The van der Waals surface area contributed by atoms with Crippen molar-refractivity contribution in [3.63, 3.8) is 0 Å². The van der Waals surface area contributed by atoms with Crippen LogP contribution in [0, 0.1) is 5.92 Å². The van der Waals surface area contributed by atoms with E-state index in [9.17, 15) is 9.59 Å². The maximum absolute atomic E-state index is 12.0. The number of carboxylic acid groups (broad SMARTS) is 1. The number of aromatic nitrogens is 3. The second-order valence-electron chi connectivity index (χ2n) is 6.20. The van der Waals surface area contributed by atoms with Crippen LogP contribution in [-0.2, 0) is 4.79 Å². The molecule has 0 spiro atoms. The summed E-state index contributed by atoms with van der Waals surface area (Å²) in [7, 11) is 0. The Balaban J connectivity index is 0.000000352. The van der Waals surface area contributed by atoms with Gasteiger partial charge in [-0.2, -0.15) is 5.10 Å². The Hall–Kier alpha value is -2.68. The van der Waals surface area contributed by atoms with Gasteiger partial charge in [0, 0.05) is 38.9 Å². The Morgan fingerprint density at radius 2 is 2.00 bits per heavy atom. The van der Waals surface area contributed by atoms with Crippen LogP contribution < -0.4 is 15.5 Å². The Bertz CT molecular complexity index is 752. The molecule has 3 N–H and O–H groups in total. The third-order valence-corrected chi connectivity index (χ3v) is 3.87. The van der Waals surface area contributed by atoms with E-state index in [2.05, 4.69) is 25.6 Å². The zero-order chi connectivity index (χ0) is 19.1. The molecule has 1 saturated heterocycles. The summed E-state index contributed by atoms with van der Waals surface area (Å²) in [6.07, 6.45) is 3.41. The van der Waals surface area contributed by atoms with E-state index in [1.54, 1.807) is 24.6 Å². The molecule has 2 aromatic rings. The summed E-state index contributed by atoms with van der Waals surface area (Å²) in [6.45, 7) is 9.52. The van der Waals surface area contributed by atoms with Crippen molar-refractivity contribution in [3.05, 3.63) is 24.0 Å². The smallest absolute Gasteiger partial charge is 0.305 e. The van der Waals surface area contributed by atoms with Crippen molar-refractivity contribution < 1.29 is 14.7 Å². The summed E-state index contributed by atoms with van der Waals surface area (Å²) in [6, 6.07) is 1.94. The molecule has 3 heterocycles. The molecule has 26 heavy (non-hydrogen) atoms. The van der Waals surface area contributed by atoms with E-state index < -0.39 is 5.97 Å². The highest BCUT2D eigenvalue weighted by atomic mass is 16.4. The highest BCUT2D eigenvalue weighted by Gasteiger charge is 2.16. The monoisotopic (exact) mass is 362 g/mol. The number of nitrogens with zero attached hydrogens (tertiary/aromatic N) is 4. The molecular formula is C17H26N6O3. The number of hydrogen-bond donors (Lipinski definition) is 3. The molecule has 0 saturated carbocycles. The summed E-state index contributed by atoms with van der Waals surface area (Å²) in [4.78, 5) is 28.5. The molecule has 1 aliphatic rings. The van der Waals surface area contributed by atoms with Crippen LogP contribution in [0.3, 0.4) is 0 Å². The fourth-order valence-corrected chi connectivity index (χ4v) is 2.35. The number of aliphatic carboxylic acids is 1. The van der Waals surface area contributed by atoms with Crippen LogP contribution in [0.4, 0.5) is 5.82 Å². The van der Waals surface area contributed by atoms with Crippen LogP contribution in [0.15, 0.2) is 18.5 Å². The van der Waals surface area contributed by atoms with Crippen LogP contribution in [-0.4, -0.2) is 64.3 Å². The summed E-state index contributed by atoms with van der Waals surface area (Å²) >= 11 is 0. The van der Waals surface area contributed by atoms with E-state index in [4.69, 9.17) is 5.11 Å². The first-order valence-electron chi connectivity index (χ1n) is 8.75. The number of hydrogen-bond acceptors (Lipinski definition) is 6. The Kier molecular flexibility index (Phi) is 6.90. The lowest BCUT2D eigenvalue weighted by Crippen LogP contribution is -2.43. The number of fused-ring (bicyclic) bond motifs is 1. The lowest BCUT2D eigenvalue weighted by Gasteiger charge is -2.28. The van der Waals surface area contributed by atoms with Gasteiger partial charge in [0.15, 0.2) is 5.65 Å². The predicted molar refractivity (Wildman–Crippen MR) is 98.6 cm³/mol. The number of carboxylic acids is 1. The number of piperazine rings is 1. The van der Waals surface area contributed by atoms with Crippen molar-refractivity contribution in [3.8, 4) is 0 Å². The van der Waals surface area contributed by atoms with Gasteiger partial charge in [0.25, 0.3) is 5.91 Å². The molecule has 1 fully saturated rings. The molecule has 0 radical (unpaired) electrons. The predicted octanol–water partition coefficient (Wildman–Crippen LogP) is 0.616. The number of nitrogens with one attached hydrogen (secondary N) is 2. The van der Waals surface area contributed by atoms with Crippen molar-refractivity contribution in [1.82, 2.24) is 25.2 Å². The van der Waals surface area contributed by atoms with Crippen molar-refractivity contribution in [2.75, 3.05) is 37.6 Å². The summed E-state index contributed by atoms with van der Waals surface area (Å²) in [5, 5.41) is 18.3. The summed E-state index contributed by atoms with van der Waals surface area (Å²) in [5.74, 6) is -0.211. The second kappa shape index (κ2) is 9.14. The number of amides is 1. The van der Waals surface area contributed by atoms with Gasteiger partial charge in [0.05, 0.1) is 12.1 Å². The minimum Gasteiger partial charge on any atom is -0.481 e. The molecule has 142 valence electrons. The fraction of sp³-hybridized carbons (Fsp3) is 0.529.